The van der Waals surface area contributed by atoms with Gasteiger partial charge in [-0.05, 0) is 36.7 Å². The molecule has 1 aromatic rings. The van der Waals surface area contributed by atoms with Crippen molar-refractivity contribution in [2.45, 2.75) is 37.8 Å². The van der Waals surface area contributed by atoms with Gasteiger partial charge in [0.2, 0.25) is 5.91 Å². The fraction of sp³-hybridized carbons (Fsp3) is 0.556. The lowest BCUT2D eigenvalue weighted by Gasteiger charge is -2.28. The minimum Gasteiger partial charge on any atom is -0.467 e. The summed E-state index contributed by atoms with van der Waals surface area (Å²) in [5, 5.41) is 2.88. The highest BCUT2D eigenvalue weighted by Crippen LogP contribution is 2.47. The lowest BCUT2D eigenvalue weighted by atomic mass is 9.84. The number of esters is 1. The zero-order valence-electron chi connectivity index (χ0n) is 13.4. The molecule has 5 atom stereocenters. The van der Waals surface area contributed by atoms with E-state index in [0.717, 1.165) is 24.8 Å². The number of benzene rings is 1. The first-order valence-corrected chi connectivity index (χ1v) is 8.28. The van der Waals surface area contributed by atoms with Gasteiger partial charge in [-0.1, -0.05) is 30.3 Å². The molecule has 0 aliphatic heterocycles. The van der Waals surface area contributed by atoms with Gasteiger partial charge in [-0.2, -0.15) is 0 Å². The zero-order chi connectivity index (χ0) is 16.4. The van der Waals surface area contributed by atoms with Gasteiger partial charge in [0.1, 0.15) is 6.04 Å². The van der Waals surface area contributed by atoms with E-state index >= 15 is 0 Å². The topological polar surface area (TPSA) is 81.4 Å². The smallest absolute Gasteiger partial charge is 0.328 e. The third-order valence-electron chi connectivity index (χ3n) is 5.37. The standard InChI is InChI=1S/C18H24N2O3/c1-23-18(22)14(9-11-5-3-2-4-6-11)20-17(21)15-12-7-8-13(10-12)16(15)19/h2-6,12-16H,7-10,19H2,1H3,(H,20,21). The maximum atomic E-state index is 12.7. The molecule has 5 heteroatoms. The maximum absolute atomic E-state index is 12.7. The van der Waals surface area contributed by atoms with E-state index in [1.165, 1.54) is 7.11 Å². The molecule has 2 fully saturated rings. The lowest BCUT2D eigenvalue weighted by molar-refractivity contribution is -0.145. The molecular weight excluding hydrogens is 292 g/mol. The second kappa shape index (κ2) is 6.71. The van der Waals surface area contributed by atoms with Crippen LogP contribution >= 0.6 is 0 Å². The molecule has 0 heterocycles. The highest BCUT2D eigenvalue weighted by Gasteiger charge is 2.49. The highest BCUT2D eigenvalue weighted by atomic mass is 16.5. The van der Waals surface area contributed by atoms with Crippen LogP contribution in [-0.2, 0) is 20.7 Å². The summed E-state index contributed by atoms with van der Waals surface area (Å²) >= 11 is 0. The Morgan fingerprint density at radius 3 is 2.57 bits per heavy atom. The van der Waals surface area contributed by atoms with Crippen molar-refractivity contribution in [3.8, 4) is 0 Å². The summed E-state index contributed by atoms with van der Waals surface area (Å²) in [5.41, 5.74) is 7.21. The third kappa shape index (κ3) is 3.24. The number of nitrogens with one attached hydrogen (secondary N) is 1. The largest absolute Gasteiger partial charge is 0.467 e. The Balaban J connectivity index is 1.68. The van der Waals surface area contributed by atoms with Gasteiger partial charge in [0.25, 0.3) is 0 Å². The van der Waals surface area contributed by atoms with Crippen LogP contribution in [0.15, 0.2) is 30.3 Å². The average Bonchev–Trinajstić information content (AvgIpc) is 3.15. The second-order valence-corrected chi connectivity index (χ2v) is 6.71. The molecule has 124 valence electrons. The highest BCUT2D eigenvalue weighted by molar-refractivity contribution is 5.86. The van der Waals surface area contributed by atoms with Crippen molar-refractivity contribution in [3.63, 3.8) is 0 Å². The lowest BCUT2D eigenvalue weighted by Crippen LogP contribution is -2.51. The monoisotopic (exact) mass is 316 g/mol. The number of hydrogen-bond donors (Lipinski definition) is 2. The van der Waals surface area contributed by atoms with Crippen LogP contribution in [0.5, 0.6) is 0 Å². The number of methoxy groups -OCH3 is 1. The first-order valence-electron chi connectivity index (χ1n) is 8.28. The normalized spacial score (nSPS) is 30.0. The fourth-order valence-electron chi connectivity index (χ4n) is 4.18. The SMILES string of the molecule is COC(=O)C(Cc1ccccc1)NC(=O)C1C2CCC(C2)C1N. The molecule has 0 saturated heterocycles. The molecule has 2 aliphatic carbocycles. The van der Waals surface area contributed by atoms with Crippen molar-refractivity contribution >= 4 is 11.9 Å². The number of fused-ring (bicyclic) bond motifs is 2. The van der Waals surface area contributed by atoms with E-state index in [4.69, 9.17) is 10.5 Å². The first kappa shape index (κ1) is 16.0. The fourth-order valence-corrected chi connectivity index (χ4v) is 4.18. The number of hydrogen-bond acceptors (Lipinski definition) is 4. The molecule has 2 saturated carbocycles. The van der Waals surface area contributed by atoms with Gasteiger partial charge in [0.05, 0.1) is 13.0 Å². The van der Waals surface area contributed by atoms with Crippen LogP contribution < -0.4 is 11.1 Å². The van der Waals surface area contributed by atoms with Crippen LogP contribution in [0.3, 0.4) is 0 Å². The quantitative estimate of drug-likeness (QED) is 0.801. The average molecular weight is 316 g/mol. The van der Waals surface area contributed by atoms with Crippen molar-refractivity contribution in [2.24, 2.45) is 23.5 Å². The number of carbonyl (C=O) groups is 2. The molecule has 5 unspecified atom stereocenters. The van der Waals surface area contributed by atoms with E-state index < -0.39 is 12.0 Å². The van der Waals surface area contributed by atoms with Crippen LogP contribution in [-0.4, -0.2) is 31.1 Å². The second-order valence-electron chi connectivity index (χ2n) is 6.71. The molecule has 3 rings (SSSR count). The Hall–Kier alpha value is -1.88. The Bertz CT molecular complexity index is 573. The molecule has 0 aromatic heterocycles. The summed E-state index contributed by atoms with van der Waals surface area (Å²) < 4.78 is 4.85. The molecule has 0 spiro atoms. The molecule has 5 nitrogen and oxygen atoms in total. The molecule has 3 N–H and O–H groups in total. The zero-order valence-corrected chi connectivity index (χ0v) is 13.4. The predicted molar refractivity (Wildman–Crippen MR) is 86.4 cm³/mol. The first-order chi connectivity index (χ1) is 11.1. The number of ether oxygens (including phenoxy) is 1. The molecule has 1 aromatic carbocycles. The Kier molecular flexibility index (Phi) is 4.66. The van der Waals surface area contributed by atoms with Crippen LogP contribution in [0.1, 0.15) is 24.8 Å². The summed E-state index contributed by atoms with van der Waals surface area (Å²) in [5.74, 6) is 0.137. The van der Waals surface area contributed by atoms with Crippen molar-refractivity contribution in [3.05, 3.63) is 35.9 Å². The molecule has 23 heavy (non-hydrogen) atoms. The van der Waals surface area contributed by atoms with Crippen molar-refractivity contribution in [2.75, 3.05) is 7.11 Å². The third-order valence-corrected chi connectivity index (χ3v) is 5.37. The van der Waals surface area contributed by atoms with Gasteiger partial charge >= 0.3 is 5.97 Å². The molecular formula is C18H24N2O3. The Labute approximate surface area is 136 Å². The number of carbonyl (C=O) groups excluding carboxylic acids is 2. The van der Waals surface area contributed by atoms with E-state index in [2.05, 4.69) is 5.32 Å². The van der Waals surface area contributed by atoms with Gasteiger partial charge in [0.15, 0.2) is 0 Å². The number of nitrogens with two attached hydrogens (primary N) is 1. The molecule has 0 radical (unpaired) electrons. The van der Waals surface area contributed by atoms with Gasteiger partial charge in [-0.15, -0.1) is 0 Å². The van der Waals surface area contributed by atoms with Gasteiger partial charge in [-0.25, -0.2) is 4.79 Å². The summed E-state index contributed by atoms with van der Waals surface area (Å²) in [6, 6.07) is 8.87. The van der Waals surface area contributed by atoms with E-state index in [1.807, 2.05) is 30.3 Å². The van der Waals surface area contributed by atoms with Crippen LogP contribution in [0.25, 0.3) is 0 Å². The van der Waals surface area contributed by atoms with Crippen LogP contribution in [0, 0.1) is 17.8 Å². The van der Waals surface area contributed by atoms with Crippen LogP contribution in [0.2, 0.25) is 0 Å². The van der Waals surface area contributed by atoms with Gasteiger partial charge < -0.3 is 15.8 Å². The van der Waals surface area contributed by atoms with Crippen molar-refractivity contribution in [1.29, 1.82) is 0 Å². The van der Waals surface area contributed by atoms with E-state index in [-0.39, 0.29) is 17.9 Å². The van der Waals surface area contributed by atoms with E-state index in [0.29, 0.717) is 18.3 Å². The van der Waals surface area contributed by atoms with Crippen molar-refractivity contribution in [1.82, 2.24) is 5.32 Å². The summed E-state index contributed by atoms with van der Waals surface area (Å²) in [4.78, 5) is 24.7. The molecule has 2 bridgehead atoms. The Morgan fingerprint density at radius 2 is 1.96 bits per heavy atom. The van der Waals surface area contributed by atoms with E-state index in [1.54, 1.807) is 0 Å². The Morgan fingerprint density at radius 1 is 1.26 bits per heavy atom. The predicted octanol–water partition coefficient (Wildman–Crippen LogP) is 1.26. The number of rotatable bonds is 5. The summed E-state index contributed by atoms with van der Waals surface area (Å²) in [7, 11) is 1.34. The van der Waals surface area contributed by atoms with E-state index in [9.17, 15) is 9.59 Å². The summed E-state index contributed by atoms with van der Waals surface area (Å²) in [6.45, 7) is 0. The van der Waals surface area contributed by atoms with Gasteiger partial charge in [-0.3, -0.25) is 4.79 Å². The maximum Gasteiger partial charge on any atom is 0.328 e. The summed E-state index contributed by atoms with van der Waals surface area (Å²) in [6.07, 6.45) is 3.66. The molecule has 2 aliphatic rings. The van der Waals surface area contributed by atoms with Crippen molar-refractivity contribution < 1.29 is 14.3 Å². The van der Waals surface area contributed by atoms with Gasteiger partial charge in [0, 0.05) is 12.5 Å². The minimum absolute atomic E-state index is 0.0798. The molecule has 1 amide bonds. The minimum atomic E-state index is -0.666. The number of amides is 1. The van der Waals surface area contributed by atoms with Crippen LogP contribution in [0.4, 0.5) is 0 Å².